The van der Waals surface area contributed by atoms with Crippen molar-refractivity contribution < 1.29 is 19.1 Å². The third kappa shape index (κ3) is 6.28. The average Bonchev–Trinajstić information content (AvgIpc) is 2.75. The van der Waals surface area contributed by atoms with Crippen LogP contribution in [-0.4, -0.2) is 108 Å². The molecule has 4 amide bonds. The maximum absolute atomic E-state index is 12.8. The van der Waals surface area contributed by atoms with Crippen LogP contribution in [0.4, 0.5) is 9.59 Å². The van der Waals surface area contributed by atoms with E-state index in [1.807, 2.05) is 52.9 Å². The van der Waals surface area contributed by atoms with E-state index in [0.29, 0.717) is 32.7 Å². The maximum atomic E-state index is 12.8. The summed E-state index contributed by atoms with van der Waals surface area (Å²) >= 11 is 0. The number of urea groups is 1. The standard InChI is InChI=1S/C24H44N6O4/c1-10-24(16-27(9)25-8,18(4)29-12-11-20(31)26-21(29)32)30-14-13-28(15-19(30)17(2)3)22(33)34-23(5,6)7/h10,17-19,25H,1,11-16H2,2-9H3,(H,26,31,32)/t18?,19-,24-/m0/s1. The summed E-state index contributed by atoms with van der Waals surface area (Å²) < 4.78 is 5.64. The molecule has 194 valence electrons. The van der Waals surface area contributed by atoms with Gasteiger partial charge in [0, 0.05) is 52.2 Å². The number of rotatable bonds is 8. The zero-order chi connectivity index (χ0) is 25.8. The fourth-order valence-electron chi connectivity index (χ4n) is 4.88. The summed E-state index contributed by atoms with van der Waals surface area (Å²) in [5.41, 5.74) is 1.97. The predicted molar refractivity (Wildman–Crippen MR) is 132 cm³/mol. The number of amides is 4. The van der Waals surface area contributed by atoms with Crippen molar-refractivity contribution in [2.45, 2.75) is 71.2 Å². The van der Waals surface area contributed by atoms with Gasteiger partial charge in [-0.25, -0.2) is 14.6 Å². The Kier molecular flexibility index (Phi) is 9.12. The van der Waals surface area contributed by atoms with Crippen LogP contribution in [0.1, 0.15) is 48.0 Å². The van der Waals surface area contributed by atoms with Crippen LogP contribution in [0, 0.1) is 5.92 Å². The van der Waals surface area contributed by atoms with E-state index in [1.165, 1.54) is 0 Å². The molecule has 1 unspecified atom stereocenters. The van der Waals surface area contributed by atoms with Crippen molar-refractivity contribution in [2.24, 2.45) is 5.92 Å². The van der Waals surface area contributed by atoms with Crippen LogP contribution in [0.3, 0.4) is 0 Å². The highest BCUT2D eigenvalue weighted by atomic mass is 16.6. The number of piperazine rings is 1. The summed E-state index contributed by atoms with van der Waals surface area (Å²) in [6.07, 6.45) is 1.88. The highest BCUT2D eigenvalue weighted by molar-refractivity contribution is 5.96. The predicted octanol–water partition coefficient (Wildman–Crippen LogP) is 1.89. The van der Waals surface area contributed by atoms with E-state index in [0.717, 1.165) is 0 Å². The molecular formula is C24H44N6O4. The Morgan fingerprint density at radius 3 is 2.41 bits per heavy atom. The van der Waals surface area contributed by atoms with E-state index < -0.39 is 11.1 Å². The molecule has 0 aliphatic carbocycles. The fraction of sp³-hybridized carbons (Fsp3) is 0.792. The second-order valence-corrected chi connectivity index (χ2v) is 10.7. The van der Waals surface area contributed by atoms with Gasteiger partial charge in [0.25, 0.3) is 0 Å². The second kappa shape index (κ2) is 11.0. The number of hydrogen-bond donors (Lipinski definition) is 2. The molecule has 2 saturated heterocycles. The molecule has 34 heavy (non-hydrogen) atoms. The van der Waals surface area contributed by atoms with E-state index in [-0.39, 0.29) is 42.5 Å². The lowest BCUT2D eigenvalue weighted by Gasteiger charge is -2.56. The molecule has 2 heterocycles. The average molecular weight is 481 g/mol. The van der Waals surface area contributed by atoms with Crippen LogP contribution in [-0.2, 0) is 9.53 Å². The SMILES string of the molecule is C=C[C@](CN(C)NC)(C(C)N1CCC(=O)NC1=O)N1CCN(C(=O)OC(C)(C)C)C[C@H]1C(C)C. The molecule has 2 fully saturated rings. The first-order chi connectivity index (χ1) is 15.8. The van der Waals surface area contributed by atoms with Gasteiger partial charge in [-0.05, 0) is 40.7 Å². The van der Waals surface area contributed by atoms with Gasteiger partial charge in [0.15, 0.2) is 0 Å². The van der Waals surface area contributed by atoms with Gasteiger partial charge in [-0.1, -0.05) is 19.9 Å². The number of imide groups is 1. The summed E-state index contributed by atoms with van der Waals surface area (Å²) in [4.78, 5) is 43.3. The van der Waals surface area contributed by atoms with Gasteiger partial charge in [0.2, 0.25) is 5.91 Å². The number of hydrogen-bond acceptors (Lipinski definition) is 7. The highest BCUT2D eigenvalue weighted by Crippen LogP contribution is 2.34. The Balaban J connectivity index is 2.42. The van der Waals surface area contributed by atoms with Gasteiger partial charge in [-0.15, -0.1) is 6.58 Å². The van der Waals surface area contributed by atoms with Crippen LogP contribution >= 0.6 is 0 Å². The molecule has 0 aromatic heterocycles. The maximum Gasteiger partial charge on any atom is 0.410 e. The lowest BCUT2D eigenvalue weighted by atomic mass is 9.82. The third-order valence-corrected chi connectivity index (χ3v) is 6.88. The molecule has 2 rings (SSSR count). The molecule has 2 aliphatic rings. The number of ether oxygens (including phenoxy) is 1. The van der Waals surface area contributed by atoms with Crippen molar-refractivity contribution in [3.8, 4) is 0 Å². The number of hydrazine groups is 1. The van der Waals surface area contributed by atoms with Crippen molar-refractivity contribution in [1.29, 1.82) is 0 Å². The van der Waals surface area contributed by atoms with Crippen molar-refractivity contribution in [3.63, 3.8) is 0 Å². The Hall–Kier alpha value is -2.17. The van der Waals surface area contributed by atoms with Gasteiger partial charge in [0.1, 0.15) is 5.60 Å². The normalized spacial score (nSPS) is 23.1. The first kappa shape index (κ1) is 28.1. The number of nitrogens with one attached hydrogen (secondary N) is 2. The van der Waals surface area contributed by atoms with E-state index >= 15 is 0 Å². The minimum absolute atomic E-state index is 0.0152. The molecule has 0 aromatic rings. The smallest absolute Gasteiger partial charge is 0.410 e. The Morgan fingerprint density at radius 2 is 1.91 bits per heavy atom. The third-order valence-electron chi connectivity index (χ3n) is 6.88. The molecule has 2 aliphatic heterocycles. The molecule has 10 nitrogen and oxygen atoms in total. The van der Waals surface area contributed by atoms with Gasteiger partial charge in [-0.2, -0.15) is 0 Å². The largest absolute Gasteiger partial charge is 0.444 e. The quantitative estimate of drug-likeness (QED) is 0.404. The van der Waals surface area contributed by atoms with Gasteiger partial charge < -0.3 is 14.5 Å². The zero-order valence-corrected chi connectivity index (χ0v) is 22.2. The molecule has 10 heteroatoms. The van der Waals surface area contributed by atoms with Crippen LogP contribution in [0.5, 0.6) is 0 Å². The number of carbonyl (C=O) groups is 3. The van der Waals surface area contributed by atoms with E-state index in [4.69, 9.17) is 4.74 Å². The lowest BCUT2D eigenvalue weighted by molar-refractivity contribution is -0.122. The minimum Gasteiger partial charge on any atom is -0.444 e. The molecule has 0 spiro atoms. The number of likely N-dealkylation sites (N-methyl/N-ethyl adjacent to an activating group) is 1. The number of nitrogens with zero attached hydrogens (tertiary/aromatic N) is 4. The summed E-state index contributed by atoms with van der Waals surface area (Å²) in [5, 5.41) is 4.43. The molecule has 3 atom stereocenters. The summed E-state index contributed by atoms with van der Waals surface area (Å²) in [6, 6.07) is -0.639. The van der Waals surface area contributed by atoms with Gasteiger partial charge in [0.05, 0.1) is 11.6 Å². The summed E-state index contributed by atoms with van der Waals surface area (Å²) in [6.45, 7) is 18.7. The molecule has 2 N–H and O–H groups in total. The van der Waals surface area contributed by atoms with Crippen LogP contribution in [0.2, 0.25) is 0 Å². The lowest BCUT2D eigenvalue weighted by Crippen LogP contribution is -2.73. The Labute approximate surface area is 204 Å². The van der Waals surface area contributed by atoms with Crippen molar-refractivity contribution in [2.75, 3.05) is 46.8 Å². The van der Waals surface area contributed by atoms with E-state index in [9.17, 15) is 14.4 Å². The van der Waals surface area contributed by atoms with Crippen LogP contribution < -0.4 is 10.7 Å². The van der Waals surface area contributed by atoms with Crippen LogP contribution in [0.25, 0.3) is 0 Å². The number of carbonyl (C=O) groups excluding carboxylic acids is 3. The highest BCUT2D eigenvalue weighted by Gasteiger charge is 2.50. The summed E-state index contributed by atoms with van der Waals surface area (Å²) in [7, 11) is 3.80. The monoisotopic (exact) mass is 480 g/mol. The van der Waals surface area contributed by atoms with Crippen molar-refractivity contribution in [1.82, 2.24) is 30.5 Å². The van der Waals surface area contributed by atoms with Gasteiger partial charge >= 0.3 is 12.1 Å². The molecule has 0 aromatic carbocycles. The van der Waals surface area contributed by atoms with Crippen molar-refractivity contribution >= 4 is 18.0 Å². The molecular weight excluding hydrogens is 436 g/mol. The first-order valence-electron chi connectivity index (χ1n) is 12.1. The van der Waals surface area contributed by atoms with Crippen LogP contribution in [0.15, 0.2) is 12.7 Å². The Morgan fingerprint density at radius 1 is 1.26 bits per heavy atom. The second-order valence-electron chi connectivity index (χ2n) is 10.7. The van der Waals surface area contributed by atoms with Crippen molar-refractivity contribution in [3.05, 3.63) is 12.7 Å². The fourth-order valence-corrected chi connectivity index (χ4v) is 4.88. The van der Waals surface area contributed by atoms with E-state index in [2.05, 4.69) is 36.1 Å². The topological polar surface area (TPSA) is 97.5 Å². The molecule has 0 bridgehead atoms. The minimum atomic E-state index is -0.634. The van der Waals surface area contributed by atoms with Gasteiger partial charge in [-0.3, -0.25) is 20.4 Å². The first-order valence-corrected chi connectivity index (χ1v) is 12.1. The summed E-state index contributed by atoms with van der Waals surface area (Å²) in [5.74, 6) is -0.0237. The Bertz CT molecular complexity index is 767. The molecule has 0 saturated carbocycles. The van der Waals surface area contributed by atoms with E-state index in [1.54, 1.807) is 9.80 Å². The molecule has 0 radical (unpaired) electrons. The zero-order valence-electron chi connectivity index (χ0n) is 22.2.